The van der Waals surface area contributed by atoms with Gasteiger partial charge in [-0.25, -0.2) is 0 Å². The molecule has 0 aliphatic carbocycles. The first kappa shape index (κ1) is 23.4. The van der Waals surface area contributed by atoms with Gasteiger partial charge in [0.25, 0.3) is 0 Å². The number of hydrogen-bond acceptors (Lipinski definition) is 4. The fraction of sp³-hybridized carbons (Fsp3) is 0.308. The van der Waals surface area contributed by atoms with Crippen molar-refractivity contribution in [1.82, 2.24) is 9.57 Å². The van der Waals surface area contributed by atoms with E-state index in [1.54, 1.807) is 0 Å². The summed E-state index contributed by atoms with van der Waals surface area (Å²) >= 11 is 6.35. The van der Waals surface area contributed by atoms with Crippen molar-refractivity contribution in [3.05, 3.63) is 108 Å². The molecule has 168 valence electrons. The second-order valence-corrected chi connectivity index (χ2v) is 10.5. The molecule has 1 aliphatic rings. The molecule has 4 nitrogen and oxygen atoms in total. The van der Waals surface area contributed by atoms with E-state index >= 15 is 0 Å². The van der Waals surface area contributed by atoms with Gasteiger partial charge < -0.3 is 9.26 Å². The largest absolute Gasteiger partial charge is 0.373 e. The summed E-state index contributed by atoms with van der Waals surface area (Å²) in [6.07, 6.45) is -0.0528. The first-order chi connectivity index (χ1) is 15.6. The van der Waals surface area contributed by atoms with Gasteiger partial charge in [-0.3, -0.25) is 9.57 Å². The minimum atomic E-state index is -1.13. The summed E-state index contributed by atoms with van der Waals surface area (Å²) in [6, 6.07) is 32.3. The molecule has 0 saturated carbocycles. The lowest BCUT2D eigenvalue weighted by Gasteiger charge is -2.48. The van der Waals surface area contributed by atoms with Crippen molar-refractivity contribution in [3.8, 4) is 0 Å². The van der Waals surface area contributed by atoms with E-state index in [-0.39, 0.29) is 6.10 Å². The Bertz CT molecular complexity index is 863. The molecule has 32 heavy (non-hydrogen) atoms. The number of ether oxygens (including phenoxy) is 1. The normalized spacial score (nSPS) is 18.6. The van der Waals surface area contributed by atoms with Crippen LogP contribution in [0.5, 0.6) is 0 Å². The second kappa shape index (κ2) is 10.9. The van der Waals surface area contributed by atoms with Crippen molar-refractivity contribution in [1.29, 1.82) is 0 Å². The van der Waals surface area contributed by atoms with E-state index in [0.29, 0.717) is 13.2 Å². The van der Waals surface area contributed by atoms with Crippen LogP contribution in [-0.2, 0) is 14.8 Å². The van der Waals surface area contributed by atoms with Gasteiger partial charge in [0.05, 0.1) is 24.9 Å². The number of benzene rings is 3. The molecular weight excluding hydrogens is 439 g/mol. The summed E-state index contributed by atoms with van der Waals surface area (Å²) in [5, 5.41) is 0. The standard InChI is InChI=1S/C26H30ClN2O2P/c1-28(2)32(27)31-21-25-20-29(18-19-30-25)26(22-12-6-3-7-13-22,23-14-8-4-9-15-23)24-16-10-5-11-17-24/h3-17,25H,18-21H2,1-2H3. The minimum Gasteiger partial charge on any atom is -0.373 e. The summed E-state index contributed by atoms with van der Waals surface area (Å²) in [7, 11) is 2.73. The Kier molecular flexibility index (Phi) is 7.96. The minimum absolute atomic E-state index is 0.0528. The Morgan fingerprint density at radius 2 is 1.38 bits per heavy atom. The molecule has 1 saturated heterocycles. The van der Waals surface area contributed by atoms with Crippen LogP contribution >= 0.6 is 18.9 Å². The summed E-state index contributed by atoms with van der Waals surface area (Å²) in [5.41, 5.74) is 3.30. The van der Waals surface area contributed by atoms with E-state index in [1.165, 1.54) is 16.7 Å². The van der Waals surface area contributed by atoms with Crippen LogP contribution in [0.25, 0.3) is 0 Å². The van der Waals surface area contributed by atoms with Crippen molar-refractivity contribution in [3.63, 3.8) is 0 Å². The van der Waals surface area contributed by atoms with Gasteiger partial charge in [0.15, 0.2) is 0 Å². The number of morpholine rings is 1. The highest BCUT2D eigenvalue weighted by molar-refractivity contribution is 7.78. The highest BCUT2D eigenvalue weighted by Gasteiger charge is 2.44. The Labute approximate surface area is 197 Å². The quantitative estimate of drug-likeness (QED) is 0.311. The van der Waals surface area contributed by atoms with Crippen molar-refractivity contribution < 1.29 is 9.26 Å². The van der Waals surface area contributed by atoms with Crippen LogP contribution in [0.4, 0.5) is 0 Å². The third kappa shape index (κ3) is 4.92. The molecule has 1 fully saturated rings. The summed E-state index contributed by atoms with van der Waals surface area (Å²) in [4.78, 5) is 2.54. The first-order valence-corrected chi connectivity index (χ1v) is 13.0. The van der Waals surface area contributed by atoms with E-state index in [0.717, 1.165) is 13.1 Å². The molecule has 2 atom stereocenters. The second-order valence-electron chi connectivity index (χ2n) is 8.12. The molecule has 0 radical (unpaired) electrons. The summed E-state index contributed by atoms with van der Waals surface area (Å²) < 4.78 is 13.9. The molecule has 0 amide bonds. The monoisotopic (exact) mass is 468 g/mol. The van der Waals surface area contributed by atoms with Crippen molar-refractivity contribution >= 4 is 18.9 Å². The van der Waals surface area contributed by atoms with Crippen LogP contribution in [0.3, 0.4) is 0 Å². The molecule has 0 N–H and O–H groups in total. The molecule has 0 bridgehead atoms. The Morgan fingerprint density at radius 1 is 0.906 bits per heavy atom. The van der Waals surface area contributed by atoms with Crippen LogP contribution in [0.1, 0.15) is 16.7 Å². The van der Waals surface area contributed by atoms with Gasteiger partial charge in [-0.15, -0.1) is 0 Å². The molecule has 3 aromatic carbocycles. The average Bonchev–Trinajstić information content (AvgIpc) is 2.85. The fourth-order valence-electron chi connectivity index (χ4n) is 4.47. The predicted octanol–water partition coefficient (Wildman–Crippen LogP) is 5.72. The lowest BCUT2D eigenvalue weighted by molar-refractivity contribution is -0.0685. The Hall–Kier alpha value is -1.78. The van der Waals surface area contributed by atoms with Crippen LogP contribution in [0, 0.1) is 0 Å². The molecule has 1 heterocycles. The molecule has 3 aromatic rings. The topological polar surface area (TPSA) is 24.9 Å². The highest BCUT2D eigenvalue weighted by Crippen LogP contribution is 2.45. The maximum atomic E-state index is 6.35. The number of nitrogens with zero attached hydrogens (tertiary/aromatic N) is 2. The summed E-state index contributed by atoms with van der Waals surface area (Å²) in [5.74, 6) is 0. The van der Waals surface area contributed by atoms with E-state index < -0.39 is 13.2 Å². The maximum absolute atomic E-state index is 6.35. The zero-order chi connectivity index (χ0) is 22.4. The maximum Gasteiger partial charge on any atom is 0.206 e. The third-order valence-electron chi connectivity index (χ3n) is 5.87. The van der Waals surface area contributed by atoms with Crippen LogP contribution in [-0.4, -0.2) is 56.1 Å². The van der Waals surface area contributed by atoms with Crippen molar-refractivity contribution in [2.45, 2.75) is 11.6 Å². The molecule has 0 aromatic heterocycles. The van der Waals surface area contributed by atoms with Gasteiger partial charge in [-0.1, -0.05) is 91.0 Å². The lowest BCUT2D eigenvalue weighted by atomic mass is 9.75. The molecule has 6 heteroatoms. The Balaban J connectivity index is 1.77. The van der Waals surface area contributed by atoms with Gasteiger partial charge in [-0.05, 0) is 42.0 Å². The van der Waals surface area contributed by atoms with E-state index in [2.05, 4.69) is 95.9 Å². The van der Waals surface area contributed by atoms with Gasteiger partial charge in [-0.2, -0.15) is 0 Å². The third-order valence-corrected chi connectivity index (χ3v) is 8.06. The molecule has 4 rings (SSSR count). The number of halogens is 1. The Morgan fingerprint density at radius 3 is 1.81 bits per heavy atom. The molecule has 2 unspecified atom stereocenters. The fourth-order valence-corrected chi connectivity index (χ4v) is 5.16. The van der Waals surface area contributed by atoms with Gasteiger partial charge in [0, 0.05) is 13.1 Å². The van der Waals surface area contributed by atoms with E-state index in [1.807, 2.05) is 18.8 Å². The lowest BCUT2D eigenvalue weighted by Crippen LogP contribution is -2.56. The molecule has 1 aliphatic heterocycles. The molecule has 0 spiro atoms. The van der Waals surface area contributed by atoms with E-state index in [4.69, 9.17) is 20.5 Å². The average molecular weight is 469 g/mol. The van der Waals surface area contributed by atoms with Gasteiger partial charge in [0.2, 0.25) is 7.65 Å². The smallest absolute Gasteiger partial charge is 0.206 e. The van der Waals surface area contributed by atoms with Gasteiger partial charge in [0.1, 0.15) is 0 Å². The van der Waals surface area contributed by atoms with Crippen LogP contribution in [0.2, 0.25) is 0 Å². The van der Waals surface area contributed by atoms with Gasteiger partial charge >= 0.3 is 0 Å². The zero-order valence-corrected chi connectivity index (χ0v) is 20.3. The zero-order valence-electron chi connectivity index (χ0n) is 18.6. The summed E-state index contributed by atoms with van der Waals surface area (Å²) in [6.45, 7) is 2.67. The van der Waals surface area contributed by atoms with Crippen LogP contribution in [0.15, 0.2) is 91.0 Å². The number of rotatable bonds is 8. The first-order valence-electron chi connectivity index (χ1n) is 10.9. The highest BCUT2D eigenvalue weighted by atomic mass is 35.7. The van der Waals surface area contributed by atoms with Crippen molar-refractivity contribution in [2.75, 3.05) is 40.4 Å². The molecular formula is C26H30ClN2O2P. The van der Waals surface area contributed by atoms with Crippen molar-refractivity contribution in [2.24, 2.45) is 0 Å². The SMILES string of the molecule is CN(C)P(Cl)OCC1CN(C(c2ccccc2)(c2ccccc2)c2ccccc2)CCO1. The predicted molar refractivity (Wildman–Crippen MR) is 133 cm³/mol. The van der Waals surface area contributed by atoms with E-state index in [9.17, 15) is 0 Å². The van der Waals surface area contributed by atoms with Crippen LogP contribution < -0.4 is 0 Å². The number of hydrogen-bond donors (Lipinski definition) is 0.